The SMILES string of the molecule is Cc1cccc(COc2ccc(-c3c(-c4ccccc4)cnc(N)c3C#N)cc2)c1. The van der Waals surface area contributed by atoms with Gasteiger partial charge in [0.15, 0.2) is 0 Å². The van der Waals surface area contributed by atoms with Gasteiger partial charge in [-0.1, -0.05) is 72.3 Å². The Morgan fingerprint density at radius 1 is 0.933 bits per heavy atom. The molecule has 4 aromatic rings. The molecule has 0 spiro atoms. The van der Waals surface area contributed by atoms with Crippen molar-refractivity contribution in [3.05, 3.63) is 102 Å². The molecule has 0 bridgehead atoms. The molecule has 146 valence electrons. The number of aryl methyl sites for hydroxylation is 1. The summed E-state index contributed by atoms with van der Waals surface area (Å²) < 4.78 is 5.93. The zero-order valence-corrected chi connectivity index (χ0v) is 16.7. The highest BCUT2D eigenvalue weighted by atomic mass is 16.5. The van der Waals surface area contributed by atoms with E-state index < -0.39 is 0 Å². The van der Waals surface area contributed by atoms with Crippen LogP contribution in [0.2, 0.25) is 0 Å². The van der Waals surface area contributed by atoms with Crippen LogP contribution in [0.15, 0.2) is 85.1 Å². The van der Waals surface area contributed by atoms with Crippen molar-refractivity contribution in [3.8, 4) is 34.1 Å². The molecule has 4 rings (SSSR count). The van der Waals surface area contributed by atoms with Gasteiger partial charge in [-0.05, 0) is 35.7 Å². The molecular weight excluding hydrogens is 370 g/mol. The van der Waals surface area contributed by atoms with Crippen LogP contribution in [0.5, 0.6) is 5.75 Å². The number of nitrogens with zero attached hydrogens (tertiary/aromatic N) is 2. The minimum Gasteiger partial charge on any atom is -0.489 e. The van der Waals surface area contributed by atoms with Crippen molar-refractivity contribution in [1.29, 1.82) is 5.26 Å². The number of nitrogens with two attached hydrogens (primary N) is 1. The van der Waals surface area contributed by atoms with Gasteiger partial charge < -0.3 is 10.5 Å². The number of hydrogen-bond acceptors (Lipinski definition) is 4. The van der Waals surface area contributed by atoms with Gasteiger partial charge in [0.2, 0.25) is 0 Å². The molecular formula is C26H21N3O. The van der Waals surface area contributed by atoms with E-state index >= 15 is 0 Å². The number of hydrogen-bond donors (Lipinski definition) is 1. The van der Waals surface area contributed by atoms with Crippen molar-refractivity contribution in [2.24, 2.45) is 0 Å². The van der Waals surface area contributed by atoms with Gasteiger partial charge in [0.1, 0.15) is 29.8 Å². The summed E-state index contributed by atoms with van der Waals surface area (Å²) >= 11 is 0. The molecule has 2 N–H and O–H groups in total. The molecule has 0 aliphatic heterocycles. The molecule has 0 fully saturated rings. The first-order valence-corrected chi connectivity index (χ1v) is 9.68. The van der Waals surface area contributed by atoms with Crippen LogP contribution < -0.4 is 10.5 Å². The maximum atomic E-state index is 9.72. The lowest BCUT2D eigenvalue weighted by molar-refractivity contribution is 0.306. The average molecular weight is 391 g/mol. The highest BCUT2D eigenvalue weighted by molar-refractivity contribution is 5.89. The lowest BCUT2D eigenvalue weighted by Gasteiger charge is -2.14. The highest BCUT2D eigenvalue weighted by Gasteiger charge is 2.16. The molecule has 4 heteroatoms. The fourth-order valence-electron chi connectivity index (χ4n) is 3.46. The zero-order chi connectivity index (χ0) is 20.9. The number of nitrogen functional groups attached to an aromatic ring is 1. The Morgan fingerprint density at radius 2 is 1.70 bits per heavy atom. The lowest BCUT2D eigenvalue weighted by Crippen LogP contribution is -2.00. The highest BCUT2D eigenvalue weighted by Crippen LogP contribution is 2.36. The van der Waals surface area contributed by atoms with Crippen LogP contribution in [-0.4, -0.2) is 4.98 Å². The van der Waals surface area contributed by atoms with E-state index in [2.05, 4.69) is 30.1 Å². The Hall–Kier alpha value is -4.10. The molecule has 30 heavy (non-hydrogen) atoms. The number of rotatable bonds is 5. The maximum Gasteiger partial charge on any atom is 0.141 e. The second-order valence-corrected chi connectivity index (χ2v) is 7.09. The Kier molecular flexibility index (Phi) is 5.45. The molecule has 1 aromatic heterocycles. The summed E-state index contributed by atoms with van der Waals surface area (Å²) in [5.41, 5.74) is 12.2. The first kappa shape index (κ1) is 19.2. The molecule has 0 unspecified atom stereocenters. The van der Waals surface area contributed by atoms with E-state index in [1.54, 1.807) is 6.20 Å². The average Bonchev–Trinajstić information content (AvgIpc) is 2.78. The van der Waals surface area contributed by atoms with Crippen LogP contribution in [0.25, 0.3) is 22.3 Å². The minimum atomic E-state index is 0.229. The van der Waals surface area contributed by atoms with Gasteiger partial charge in [-0.3, -0.25) is 0 Å². The Balaban J connectivity index is 1.67. The third-order valence-corrected chi connectivity index (χ3v) is 4.94. The summed E-state index contributed by atoms with van der Waals surface area (Å²) in [5, 5.41) is 9.72. The third-order valence-electron chi connectivity index (χ3n) is 4.94. The molecule has 0 atom stereocenters. The van der Waals surface area contributed by atoms with Gasteiger partial charge in [-0.15, -0.1) is 0 Å². The van der Waals surface area contributed by atoms with E-state index in [1.165, 1.54) is 5.56 Å². The van der Waals surface area contributed by atoms with Crippen molar-refractivity contribution >= 4 is 5.82 Å². The van der Waals surface area contributed by atoms with Gasteiger partial charge in [0.05, 0.1) is 0 Å². The summed E-state index contributed by atoms with van der Waals surface area (Å²) in [7, 11) is 0. The molecule has 1 heterocycles. The molecule has 0 aliphatic carbocycles. The Morgan fingerprint density at radius 3 is 2.40 bits per heavy atom. The molecule has 3 aromatic carbocycles. The quantitative estimate of drug-likeness (QED) is 0.470. The van der Waals surface area contributed by atoms with Crippen molar-refractivity contribution < 1.29 is 4.74 Å². The van der Waals surface area contributed by atoms with E-state index in [-0.39, 0.29) is 5.82 Å². The van der Waals surface area contributed by atoms with Gasteiger partial charge in [-0.2, -0.15) is 5.26 Å². The third kappa shape index (κ3) is 4.01. The number of anilines is 1. The second-order valence-electron chi connectivity index (χ2n) is 7.09. The van der Waals surface area contributed by atoms with Gasteiger partial charge in [0.25, 0.3) is 0 Å². The first-order chi connectivity index (χ1) is 14.7. The molecule has 0 aliphatic rings. The number of aromatic nitrogens is 1. The molecule has 0 saturated carbocycles. The van der Waals surface area contributed by atoms with Crippen molar-refractivity contribution in [1.82, 2.24) is 4.98 Å². The summed E-state index contributed by atoms with van der Waals surface area (Å²) in [6.07, 6.45) is 1.73. The van der Waals surface area contributed by atoms with Gasteiger partial charge in [-0.25, -0.2) is 4.98 Å². The van der Waals surface area contributed by atoms with Gasteiger partial charge in [0, 0.05) is 17.3 Å². The van der Waals surface area contributed by atoms with Gasteiger partial charge >= 0.3 is 0 Å². The fourth-order valence-corrected chi connectivity index (χ4v) is 3.46. The summed E-state index contributed by atoms with van der Waals surface area (Å²) in [6.45, 7) is 2.57. The molecule has 0 radical (unpaired) electrons. The topological polar surface area (TPSA) is 71.9 Å². The Labute approximate surface area is 176 Å². The van der Waals surface area contributed by atoms with E-state index in [4.69, 9.17) is 10.5 Å². The number of pyridine rings is 1. The van der Waals surface area contributed by atoms with Crippen LogP contribution in [0, 0.1) is 18.3 Å². The fraction of sp³-hybridized carbons (Fsp3) is 0.0769. The van der Waals surface area contributed by atoms with Crippen LogP contribution in [0.3, 0.4) is 0 Å². The normalized spacial score (nSPS) is 10.4. The summed E-state index contributed by atoms with van der Waals surface area (Å²) in [5.74, 6) is 0.994. The predicted molar refractivity (Wildman–Crippen MR) is 120 cm³/mol. The molecule has 4 nitrogen and oxygen atoms in total. The van der Waals surface area contributed by atoms with Crippen LogP contribution in [0.4, 0.5) is 5.82 Å². The largest absolute Gasteiger partial charge is 0.489 e. The summed E-state index contributed by atoms with van der Waals surface area (Å²) in [6, 6.07) is 28.1. The predicted octanol–water partition coefficient (Wildman–Crippen LogP) is 5.76. The van der Waals surface area contributed by atoms with E-state index in [9.17, 15) is 5.26 Å². The summed E-state index contributed by atoms with van der Waals surface area (Å²) in [4.78, 5) is 4.23. The number of nitriles is 1. The van der Waals surface area contributed by atoms with E-state index in [1.807, 2.05) is 66.7 Å². The monoisotopic (exact) mass is 391 g/mol. The zero-order valence-electron chi connectivity index (χ0n) is 16.7. The second kappa shape index (κ2) is 8.50. The van der Waals surface area contributed by atoms with E-state index in [0.717, 1.165) is 33.6 Å². The maximum absolute atomic E-state index is 9.72. The van der Waals surface area contributed by atoms with Crippen LogP contribution in [0.1, 0.15) is 16.7 Å². The smallest absolute Gasteiger partial charge is 0.141 e. The number of benzene rings is 3. The number of ether oxygens (including phenoxy) is 1. The minimum absolute atomic E-state index is 0.229. The Bertz CT molecular complexity index is 1210. The van der Waals surface area contributed by atoms with E-state index in [0.29, 0.717) is 12.2 Å². The lowest BCUT2D eigenvalue weighted by atomic mass is 9.92. The van der Waals surface area contributed by atoms with Crippen molar-refractivity contribution in [2.45, 2.75) is 13.5 Å². The molecule has 0 saturated heterocycles. The molecule has 0 amide bonds. The van der Waals surface area contributed by atoms with Crippen LogP contribution in [-0.2, 0) is 6.61 Å². The first-order valence-electron chi connectivity index (χ1n) is 9.68. The van der Waals surface area contributed by atoms with Crippen molar-refractivity contribution in [3.63, 3.8) is 0 Å². The standard InChI is InChI=1S/C26H21N3O/c1-18-6-5-7-19(14-18)17-30-22-12-10-21(11-13-22)25-23(15-27)26(28)29-16-24(25)20-8-3-2-4-9-20/h2-14,16H,17H2,1H3,(H2,28,29). The van der Waals surface area contributed by atoms with Crippen molar-refractivity contribution in [2.75, 3.05) is 5.73 Å². The van der Waals surface area contributed by atoms with Crippen LogP contribution >= 0.6 is 0 Å².